The van der Waals surface area contributed by atoms with Crippen molar-refractivity contribution in [1.82, 2.24) is 9.55 Å². The first-order chi connectivity index (χ1) is 11.1. The quantitative estimate of drug-likeness (QED) is 0.798. The maximum atomic E-state index is 12.6. The number of fused-ring (bicyclic) bond motifs is 1. The molecule has 0 aliphatic heterocycles. The van der Waals surface area contributed by atoms with Gasteiger partial charge in [0.05, 0.1) is 19.0 Å². The molecule has 0 bridgehead atoms. The van der Waals surface area contributed by atoms with Crippen LogP contribution < -0.4 is 16.0 Å². The molecule has 0 radical (unpaired) electrons. The topological polar surface area (TPSA) is 64.1 Å². The molecule has 23 heavy (non-hydrogen) atoms. The van der Waals surface area contributed by atoms with Crippen molar-refractivity contribution in [1.29, 1.82) is 0 Å². The molecule has 0 aliphatic carbocycles. The number of rotatable bonds is 4. The fraction of sp³-hybridized carbons (Fsp3) is 0.250. The Morgan fingerprint density at radius 2 is 2.13 bits per heavy atom. The zero-order valence-electron chi connectivity index (χ0n) is 12.7. The van der Waals surface area contributed by atoms with Gasteiger partial charge in [0.1, 0.15) is 17.3 Å². The van der Waals surface area contributed by atoms with Crippen LogP contribution in [0.1, 0.15) is 5.56 Å². The van der Waals surface area contributed by atoms with E-state index in [1.165, 1.54) is 11.3 Å². The number of H-pyrrole nitrogens is 1. The molecule has 120 valence electrons. The number of aromatic nitrogens is 2. The molecule has 0 unspecified atom stereocenters. The molecule has 0 saturated heterocycles. The highest BCUT2D eigenvalue weighted by molar-refractivity contribution is 7.17. The zero-order chi connectivity index (χ0) is 16.6. The van der Waals surface area contributed by atoms with Crippen LogP contribution in [0.2, 0.25) is 0 Å². The van der Waals surface area contributed by atoms with Crippen LogP contribution in [0.3, 0.4) is 0 Å². The van der Waals surface area contributed by atoms with Gasteiger partial charge in [-0.1, -0.05) is 6.07 Å². The van der Waals surface area contributed by atoms with E-state index in [0.717, 1.165) is 27.0 Å². The number of hydrogen-bond acceptors (Lipinski definition) is 4. The highest BCUT2D eigenvalue weighted by atomic mass is 32.1. The Morgan fingerprint density at radius 3 is 2.78 bits per heavy atom. The summed E-state index contributed by atoms with van der Waals surface area (Å²) in [6, 6.07) is 5.61. The highest BCUT2D eigenvalue weighted by Crippen LogP contribution is 2.32. The molecule has 0 fully saturated rings. The minimum atomic E-state index is -0.768. The standard InChI is InChI=1S/C16H15FN2O3S/c1-9-7-10(3-4-12(9)22-2)11-8-23-14-13(11)15(20)19(6-5-17)16(21)18-14/h3-4,7-8H,5-6H2,1-2H3,(H,18,21). The Hall–Kier alpha value is -2.41. The van der Waals surface area contributed by atoms with Gasteiger partial charge in [-0.25, -0.2) is 9.18 Å². The van der Waals surface area contributed by atoms with E-state index in [1.54, 1.807) is 7.11 Å². The van der Waals surface area contributed by atoms with Crippen LogP contribution in [-0.2, 0) is 6.54 Å². The summed E-state index contributed by atoms with van der Waals surface area (Å²) in [5.74, 6) is 0.761. The number of methoxy groups -OCH3 is 1. The number of halogens is 1. The molecule has 7 heteroatoms. The van der Waals surface area contributed by atoms with Crippen molar-refractivity contribution in [2.45, 2.75) is 13.5 Å². The summed E-state index contributed by atoms with van der Waals surface area (Å²) < 4.78 is 18.7. The summed E-state index contributed by atoms with van der Waals surface area (Å²) in [4.78, 5) is 27.6. The molecule has 3 rings (SSSR count). The number of thiophene rings is 1. The average Bonchev–Trinajstić information content (AvgIpc) is 2.95. The summed E-state index contributed by atoms with van der Waals surface area (Å²) >= 11 is 1.29. The van der Waals surface area contributed by atoms with Crippen LogP contribution in [0.15, 0.2) is 33.2 Å². The Bertz CT molecular complexity index is 987. The summed E-state index contributed by atoms with van der Waals surface area (Å²) in [6.07, 6.45) is 0. The fourth-order valence-corrected chi connectivity index (χ4v) is 3.55. The lowest BCUT2D eigenvalue weighted by Crippen LogP contribution is -2.35. The maximum Gasteiger partial charge on any atom is 0.329 e. The Balaban J connectivity index is 2.27. The monoisotopic (exact) mass is 334 g/mol. The first-order valence-electron chi connectivity index (χ1n) is 7.02. The minimum absolute atomic E-state index is 0.249. The number of benzene rings is 1. The maximum absolute atomic E-state index is 12.6. The van der Waals surface area contributed by atoms with Crippen molar-refractivity contribution in [2.24, 2.45) is 0 Å². The predicted molar refractivity (Wildman–Crippen MR) is 89.4 cm³/mol. The van der Waals surface area contributed by atoms with E-state index in [-0.39, 0.29) is 6.54 Å². The van der Waals surface area contributed by atoms with Crippen LogP contribution in [0.4, 0.5) is 4.39 Å². The second kappa shape index (κ2) is 6.00. The van der Waals surface area contributed by atoms with E-state index in [2.05, 4.69) is 4.98 Å². The third-order valence-corrected chi connectivity index (χ3v) is 4.63. The molecule has 0 aliphatic rings. The molecule has 2 aromatic heterocycles. The minimum Gasteiger partial charge on any atom is -0.496 e. The third-order valence-electron chi connectivity index (χ3n) is 3.73. The lowest BCUT2D eigenvalue weighted by Gasteiger charge is -2.07. The molecular weight excluding hydrogens is 319 g/mol. The molecule has 0 spiro atoms. The molecule has 0 saturated carbocycles. The number of aromatic amines is 1. The van der Waals surface area contributed by atoms with Gasteiger partial charge < -0.3 is 4.74 Å². The Kier molecular flexibility index (Phi) is 4.04. The van der Waals surface area contributed by atoms with Gasteiger partial charge in [0.25, 0.3) is 5.56 Å². The fourth-order valence-electron chi connectivity index (χ4n) is 2.60. The van der Waals surface area contributed by atoms with Crippen molar-refractivity contribution in [3.63, 3.8) is 0 Å². The first-order valence-corrected chi connectivity index (χ1v) is 7.90. The Labute approximate surface area is 135 Å². The molecule has 1 N–H and O–H groups in total. The highest BCUT2D eigenvalue weighted by Gasteiger charge is 2.15. The van der Waals surface area contributed by atoms with Crippen molar-refractivity contribution >= 4 is 21.6 Å². The van der Waals surface area contributed by atoms with Gasteiger partial charge in [0.2, 0.25) is 0 Å². The zero-order valence-corrected chi connectivity index (χ0v) is 13.5. The Morgan fingerprint density at radius 1 is 1.35 bits per heavy atom. The number of alkyl halides is 1. The smallest absolute Gasteiger partial charge is 0.329 e. The van der Waals surface area contributed by atoms with E-state index in [1.807, 2.05) is 30.5 Å². The molecule has 0 amide bonds. The molecule has 1 aromatic carbocycles. The van der Waals surface area contributed by atoms with E-state index in [4.69, 9.17) is 4.74 Å². The van der Waals surface area contributed by atoms with Crippen LogP contribution >= 0.6 is 11.3 Å². The van der Waals surface area contributed by atoms with Crippen LogP contribution in [0, 0.1) is 6.92 Å². The number of hydrogen-bond donors (Lipinski definition) is 1. The van der Waals surface area contributed by atoms with Crippen molar-refractivity contribution in [2.75, 3.05) is 13.8 Å². The van der Waals surface area contributed by atoms with Gasteiger partial charge in [-0.05, 0) is 30.2 Å². The second-order valence-corrected chi connectivity index (χ2v) is 5.99. The van der Waals surface area contributed by atoms with E-state index < -0.39 is 17.9 Å². The van der Waals surface area contributed by atoms with Crippen LogP contribution in [0.5, 0.6) is 5.75 Å². The SMILES string of the molecule is COc1ccc(-c2csc3[nH]c(=O)n(CCF)c(=O)c23)cc1C. The van der Waals surface area contributed by atoms with Gasteiger partial charge in [0.15, 0.2) is 0 Å². The normalized spacial score (nSPS) is 11.1. The summed E-state index contributed by atoms with van der Waals surface area (Å²) in [7, 11) is 1.60. The number of nitrogens with zero attached hydrogens (tertiary/aromatic N) is 1. The number of ether oxygens (including phenoxy) is 1. The number of nitrogens with one attached hydrogen (secondary N) is 1. The third kappa shape index (κ3) is 2.57. The van der Waals surface area contributed by atoms with Crippen molar-refractivity contribution in [3.05, 3.63) is 50.0 Å². The van der Waals surface area contributed by atoms with Crippen molar-refractivity contribution < 1.29 is 9.13 Å². The number of aryl methyl sites for hydroxylation is 1. The van der Waals surface area contributed by atoms with Crippen molar-refractivity contribution in [3.8, 4) is 16.9 Å². The molecule has 2 heterocycles. The van der Waals surface area contributed by atoms with Gasteiger partial charge >= 0.3 is 5.69 Å². The van der Waals surface area contributed by atoms with Crippen LogP contribution in [-0.4, -0.2) is 23.3 Å². The van der Waals surface area contributed by atoms with Gasteiger partial charge in [-0.3, -0.25) is 14.3 Å². The van der Waals surface area contributed by atoms with Gasteiger partial charge in [-0.15, -0.1) is 11.3 Å². The lowest BCUT2D eigenvalue weighted by molar-refractivity contribution is 0.412. The average molecular weight is 334 g/mol. The predicted octanol–water partition coefficient (Wildman–Crippen LogP) is 2.70. The molecular formula is C16H15FN2O3S. The van der Waals surface area contributed by atoms with E-state index in [0.29, 0.717) is 10.2 Å². The summed E-state index contributed by atoms with van der Waals surface area (Å²) in [5.41, 5.74) is 1.47. The van der Waals surface area contributed by atoms with Crippen LogP contribution in [0.25, 0.3) is 21.3 Å². The van der Waals surface area contributed by atoms with E-state index in [9.17, 15) is 14.0 Å². The summed E-state index contributed by atoms with van der Waals surface area (Å²) in [6.45, 7) is 0.900. The van der Waals surface area contributed by atoms with E-state index >= 15 is 0 Å². The largest absolute Gasteiger partial charge is 0.496 e. The van der Waals surface area contributed by atoms with Gasteiger partial charge in [0, 0.05) is 10.9 Å². The second-order valence-electron chi connectivity index (χ2n) is 5.11. The molecule has 5 nitrogen and oxygen atoms in total. The summed E-state index contributed by atoms with van der Waals surface area (Å²) in [5, 5.41) is 2.23. The lowest BCUT2D eigenvalue weighted by atomic mass is 10.0. The molecule has 0 atom stereocenters. The first kappa shape index (κ1) is 15.5. The molecule has 3 aromatic rings. The van der Waals surface area contributed by atoms with Gasteiger partial charge in [-0.2, -0.15) is 0 Å².